The summed E-state index contributed by atoms with van der Waals surface area (Å²) in [6.45, 7) is 0.831. The second-order valence-corrected chi connectivity index (χ2v) is 5.15. The van der Waals surface area contributed by atoms with E-state index in [0.29, 0.717) is 5.95 Å². The first-order chi connectivity index (χ1) is 10.7. The minimum atomic E-state index is 0.701. The zero-order chi connectivity index (χ0) is 15.4. The van der Waals surface area contributed by atoms with E-state index in [-0.39, 0.29) is 0 Å². The molecule has 6 nitrogen and oxygen atoms in total. The maximum atomic E-state index is 4.59. The van der Waals surface area contributed by atoms with Gasteiger partial charge in [0.2, 0.25) is 5.95 Å². The summed E-state index contributed by atoms with van der Waals surface area (Å²) >= 11 is 0. The topological polar surface area (TPSA) is 59.7 Å². The van der Waals surface area contributed by atoms with E-state index in [9.17, 15) is 0 Å². The highest BCUT2D eigenvalue weighted by Gasteiger charge is 2.08. The van der Waals surface area contributed by atoms with Gasteiger partial charge in [-0.05, 0) is 30.2 Å². The molecule has 0 aliphatic rings. The van der Waals surface area contributed by atoms with Crippen LogP contribution in [-0.2, 0) is 13.5 Å². The normalized spacial score (nSPS) is 10.6. The molecule has 3 heterocycles. The standard InChI is InChI=1S/C16H18N6/c1-21(10-7-13-11-19-22(2)12-13)16-18-9-6-15(20-16)14-5-3-4-8-17-14/h3-6,8-9,11-12H,7,10H2,1-2H3. The fraction of sp³-hybridized carbons (Fsp3) is 0.250. The summed E-state index contributed by atoms with van der Waals surface area (Å²) in [6, 6.07) is 7.67. The number of nitrogens with zero attached hydrogens (tertiary/aromatic N) is 6. The SMILES string of the molecule is CN(CCc1cnn(C)c1)c1nccc(-c2ccccn2)n1. The van der Waals surface area contributed by atoms with Crippen molar-refractivity contribution in [2.75, 3.05) is 18.5 Å². The molecule has 3 aromatic rings. The molecule has 112 valence electrons. The van der Waals surface area contributed by atoms with Gasteiger partial charge >= 0.3 is 0 Å². The summed E-state index contributed by atoms with van der Waals surface area (Å²) in [5.74, 6) is 0.701. The zero-order valence-electron chi connectivity index (χ0n) is 12.7. The van der Waals surface area contributed by atoms with Gasteiger partial charge in [-0.15, -0.1) is 0 Å². The number of pyridine rings is 1. The lowest BCUT2D eigenvalue weighted by Gasteiger charge is -2.16. The van der Waals surface area contributed by atoms with Gasteiger partial charge in [0.15, 0.2) is 0 Å². The zero-order valence-corrected chi connectivity index (χ0v) is 12.7. The van der Waals surface area contributed by atoms with Crippen LogP contribution in [0, 0.1) is 0 Å². The van der Waals surface area contributed by atoms with Gasteiger partial charge in [0, 0.05) is 39.2 Å². The molecule has 3 aromatic heterocycles. The molecule has 0 saturated carbocycles. The second-order valence-electron chi connectivity index (χ2n) is 5.15. The lowest BCUT2D eigenvalue weighted by molar-refractivity contribution is 0.766. The number of likely N-dealkylation sites (N-methyl/N-ethyl adjacent to an activating group) is 1. The molecule has 22 heavy (non-hydrogen) atoms. The van der Waals surface area contributed by atoms with E-state index in [1.807, 2.05) is 60.3 Å². The Bertz CT molecular complexity index is 737. The van der Waals surface area contributed by atoms with Crippen LogP contribution in [0.4, 0.5) is 5.95 Å². The van der Waals surface area contributed by atoms with Crippen LogP contribution < -0.4 is 4.90 Å². The molecule has 0 bridgehead atoms. The Morgan fingerprint density at radius 1 is 1.09 bits per heavy atom. The molecule has 0 atom stereocenters. The molecule has 0 fully saturated rings. The highest BCUT2D eigenvalue weighted by Crippen LogP contribution is 2.15. The van der Waals surface area contributed by atoms with Crippen LogP contribution in [0.25, 0.3) is 11.4 Å². The molecule has 0 unspecified atom stereocenters. The van der Waals surface area contributed by atoms with Crippen LogP contribution in [0.5, 0.6) is 0 Å². The smallest absolute Gasteiger partial charge is 0.225 e. The third kappa shape index (κ3) is 3.28. The Kier molecular flexibility index (Phi) is 4.09. The Labute approximate surface area is 129 Å². The molecule has 0 aromatic carbocycles. The van der Waals surface area contributed by atoms with E-state index in [4.69, 9.17) is 0 Å². The Morgan fingerprint density at radius 2 is 2.00 bits per heavy atom. The van der Waals surface area contributed by atoms with E-state index < -0.39 is 0 Å². The Balaban J connectivity index is 1.71. The van der Waals surface area contributed by atoms with Gasteiger partial charge in [-0.25, -0.2) is 9.97 Å². The minimum Gasteiger partial charge on any atom is -0.344 e. The fourth-order valence-electron chi connectivity index (χ4n) is 2.19. The summed E-state index contributed by atoms with van der Waals surface area (Å²) in [4.78, 5) is 15.3. The van der Waals surface area contributed by atoms with Crippen molar-refractivity contribution in [2.24, 2.45) is 7.05 Å². The fourth-order valence-corrected chi connectivity index (χ4v) is 2.19. The molecular formula is C16H18N6. The second kappa shape index (κ2) is 6.34. The van der Waals surface area contributed by atoms with Crippen molar-refractivity contribution in [1.82, 2.24) is 24.7 Å². The minimum absolute atomic E-state index is 0.701. The van der Waals surface area contributed by atoms with E-state index in [2.05, 4.69) is 20.1 Å². The van der Waals surface area contributed by atoms with Crippen molar-refractivity contribution < 1.29 is 0 Å². The van der Waals surface area contributed by atoms with Crippen LogP contribution in [0.2, 0.25) is 0 Å². The largest absolute Gasteiger partial charge is 0.344 e. The van der Waals surface area contributed by atoms with Crippen molar-refractivity contribution in [3.05, 3.63) is 54.6 Å². The monoisotopic (exact) mass is 294 g/mol. The molecule has 0 aliphatic carbocycles. The number of aryl methyl sites for hydroxylation is 1. The first kappa shape index (κ1) is 14.2. The van der Waals surface area contributed by atoms with Gasteiger partial charge in [0.05, 0.1) is 17.6 Å². The van der Waals surface area contributed by atoms with Gasteiger partial charge in [-0.3, -0.25) is 9.67 Å². The Morgan fingerprint density at radius 3 is 2.73 bits per heavy atom. The van der Waals surface area contributed by atoms with E-state index in [0.717, 1.165) is 24.4 Å². The average molecular weight is 294 g/mol. The highest BCUT2D eigenvalue weighted by molar-refractivity contribution is 5.55. The quantitative estimate of drug-likeness (QED) is 0.720. The molecule has 0 saturated heterocycles. The summed E-state index contributed by atoms with van der Waals surface area (Å²) in [5.41, 5.74) is 2.89. The number of hydrogen-bond acceptors (Lipinski definition) is 5. The average Bonchev–Trinajstić information content (AvgIpc) is 2.99. The first-order valence-electron chi connectivity index (χ1n) is 7.15. The maximum absolute atomic E-state index is 4.59. The van der Waals surface area contributed by atoms with Crippen LogP contribution >= 0.6 is 0 Å². The molecule has 3 rings (SSSR count). The van der Waals surface area contributed by atoms with E-state index >= 15 is 0 Å². The summed E-state index contributed by atoms with van der Waals surface area (Å²) in [6.07, 6.45) is 8.36. The van der Waals surface area contributed by atoms with Crippen LogP contribution in [0.1, 0.15) is 5.56 Å². The number of rotatable bonds is 5. The van der Waals surface area contributed by atoms with Gasteiger partial charge in [0.25, 0.3) is 0 Å². The molecular weight excluding hydrogens is 276 g/mol. The van der Waals surface area contributed by atoms with Crippen molar-refractivity contribution in [3.63, 3.8) is 0 Å². The number of anilines is 1. The lowest BCUT2D eigenvalue weighted by Crippen LogP contribution is -2.22. The van der Waals surface area contributed by atoms with Gasteiger partial charge in [0.1, 0.15) is 0 Å². The van der Waals surface area contributed by atoms with Gasteiger partial charge in [-0.1, -0.05) is 6.07 Å². The molecule has 0 radical (unpaired) electrons. The van der Waals surface area contributed by atoms with E-state index in [1.54, 1.807) is 12.4 Å². The summed E-state index contributed by atoms with van der Waals surface area (Å²) < 4.78 is 1.81. The van der Waals surface area contributed by atoms with Gasteiger partial charge in [-0.2, -0.15) is 5.10 Å². The first-order valence-corrected chi connectivity index (χ1v) is 7.15. The molecule has 6 heteroatoms. The maximum Gasteiger partial charge on any atom is 0.225 e. The lowest BCUT2D eigenvalue weighted by atomic mass is 10.2. The molecule has 0 spiro atoms. The van der Waals surface area contributed by atoms with Crippen molar-refractivity contribution in [1.29, 1.82) is 0 Å². The predicted molar refractivity (Wildman–Crippen MR) is 85.4 cm³/mol. The summed E-state index contributed by atoms with van der Waals surface area (Å²) in [7, 11) is 3.92. The summed E-state index contributed by atoms with van der Waals surface area (Å²) in [5, 5.41) is 4.18. The van der Waals surface area contributed by atoms with Crippen LogP contribution in [0.15, 0.2) is 49.1 Å². The molecule has 0 amide bonds. The number of hydrogen-bond donors (Lipinski definition) is 0. The Hall–Kier alpha value is -2.76. The third-order valence-electron chi connectivity index (χ3n) is 3.41. The molecule has 0 aliphatic heterocycles. The molecule has 0 N–H and O–H groups in total. The van der Waals surface area contributed by atoms with Gasteiger partial charge < -0.3 is 4.90 Å². The van der Waals surface area contributed by atoms with Crippen molar-refractivity contribution in [2.45, 2.75) is 6.42 Å². The van der Waals surface area contributed by atoms with Crippen molar-refractivity contribution >= 4 is 5.95 Å². The van der Waals surface area contributed by atoms with Crippen LogP contribution in [-0.4, -0.2) is 38.3 Å². The third-order valence-corrected chi connectivity index (χ3v) is 3.41. The van der Waals surface area contributed by atoms with E-state index in [1.165, 1.54) is 5.56 Å². The predicted octanol–water partition coefficient (Wildman–Crippen LogP) is 1.95. The number of aromatic nitrogens is 5. The highest BCUT2D eigenvalue weighted by atomic mass is 15.2. The van der Waals surface area contributed by atoms with Crippen molar-refractivity contribution in [3.8, 4) is 11.4 Å². The van der Waals surface area contributed by atoms with Crippen LogP contribution in [0.3, 0.4) is 0 Å².